The van der Waals surface area contributed by atoms with E-state index in [0.717, 1.165) is 0 Å². The van der Waals surface area contributed by atoms with Crippen LogP contribution >= 0.6 is 0 Å². The molecule has 1 amide bonds. The van der Waals surface area contributed by atoms with Gasteiger partial charge in [0.05, 0.1) is 65.3 Å². The maximum atomic E-state index is 14.9. The number of anilines is 1. The van der Waals surface area contributed by atoms with E-state index in [1.807, 2.05) is 7.05 Å². The van der Waals surface area contributed by atoms with Gasteiger partial charge >= 0.3 is 11.8 Å². The molecule has 1 aromatic rings. The number of hydrazone groups is 1. The van der Waals surface area contributed by atoms with Crippen molar-refractivity contribution in [1.82, 2.24) is 15.2 Å². The van der Waals surface area contributed by atoms with Crippen LogP contribution in [-0.4, -0.2) is 144 Å². The number of methoxy groups -OCH3 is 1. The van der Waals surface area contributed by atoms with Crippen LogP contribution in [0.25, 0.3) is 0 Å². The second-order valence-electron chi connectivity index (χ2n) is 16.8. The van der Waals surface area contributed by atoms with Crippen LogP contribution in [0.4, 0.5) is 5.69 Å². The summed E-state index contributed by atoms with van der Waals surface area (Å²) in [6, 6.07) is 0. The Bertz CT molecular complexity index is 2090. The third-order valence-electron chi connectivity index (χ3n) is 12.3. The molecule has 5 N–H and O–H groups in total. The van der Waals surface area contributed by atoms with E-state index in [4.69, 9.17) is 18.9 Å². The maximum Gasteiger partial charge on any atom is 0.312 e. The SMILES string of the molecule is CO[C@H]1/C=C/O[C@@]2(C)Oc3c(C)c(NCCO)c4c(c3C2=O)C(=O)C(/C=N/N2CCN(C)CC2)=C(NC(=O)/C(C)=C\C=C\[C@H](C)[C@H](O)[C@@H](C)[C@@H](O)[C@@H](C)[C@H](OC(C)=O)[C@@H]1C)C4=O. The molecule has 9 atom stereocenters. The monoisotopic (exact) mass is 863 g/mol. The number of amides is 1. The van der Waals surface area contributed by atoms with E-state index in [1.165, 1.54) is 52.5 Å². The summed E-state index contributed by atoms with van der Waals surface area (Å²) in [4.78, 5) is 72.8. The molecule has 4 heterocycles. The third-order valence-corrected chi connectivity index (χ3v) is 12.3. The van der Waals surface area contributed by atoms with Crippen LogP contribution in [0.15, 0.2) is 52.5 Å². The second-order valence-corrected chi connectivity index (χ2v) is 16.8. The summed E-state index contributed by atoms with van der Waals surface area (Å²) in [6.45, 7) is 14.7. The van der Waals surface area contributed by atoms with E-state index in [2.05, 4.69) is 20.6 Å². The number of nitrogens with zero attached hydrogens (tertiary/aromatic N) is 3. The number of aliphatic hydroxyl groups is 3. The molecule has 0 saturated carbocycles. The van der Waals surface area contributed by atoms with E-state index in [-0.39, 0.29) is 63.7 Å². The quantitative estimate of drug-likeness (QED) is 0.196. The van der Waals surface area contributed by atoms with Crippen LogP contribution in [0, 0.1) is 30.6 Å². The summed E-state index contributed by atoms with van der Waals surface area (Å²) in [5, 5.41) is 44.7. The fourth-order valence-corrected chi connectivity index (χ4v) is 8.31. The van der Waals surface area contributed by atoms with Gasteiger partial charge in [-0.05, 0) is 27.0 Å². The lowest BCUT2D eigenvalue weighted by atomic mass is 9.78. The normalized spacial score (nSPS) is 32.2. The van der Waals surface area contributed by atoms with Gasteiger partial charge < -0.3 is 49.8 Å². The first kappa shape index (κ1) is 47.8. The molecule has 1 aromatic carbocycles. The topological polar surface area (TPSA) is 226 Å². The van der Waals surface area contributed by atoms with Gasteiger partial charge in [0.2, 0.25) is 5.78 Å². The minimum Gasteiger partial charge on any atom is -0.462 e. The largest absolute Gasteiger partial charge is 0.462 e. The number of piperazine rings is 1. The Morgan fingerprint density at radius 3 is 2.29 bits per heavy atom. The number of carbonyl (C=O) groups excluding carboxylic acids is 5. The molecule has 6 rings (SSSR count). The highest BCUT2D eigenvalue weighted by atomic mass is 16.7. The van der Waals surface area contributed by atoms with E-state index in [9.17, 15) is 39.3 Å². The van der Waals surface area contributed by atoms with Gasteiger partial charge in [-0.1, -0.05) is 45.9 Å². The van der Waals surface area contributed by atoms with E-state index in [0.29, 0.717) is 26.2 Å². The summed E-state index contributed by atoms with van der Waals surface area (Å²) in [6.07, 6.45) is 4.73. The van der Waals surface area contributed by atoms with Crippen molar-refractivity contribution in [2.75, 3.05) is 58.8 Å². The molecule has 0 spiro atoms. The fourth-order valence-electron chi connectivity index (χ4n) is 8.31. The number of ether oxygens (including phenoxy) is 4. The average Bonchev–Trinajstić information content (AvgIpc) is 3.50. The Balaban J connectivity index is 1.70. The molecule has 17 nitrogen and oxygen atoms in total. The highest BCUT2D eigenvalue weighted by Crippen LogP contribution is 2.48. The number of esters is 1. The Labute approximate surface area is 362 Å². The number of rotatable bonds is 7. The maximum absolute atomic E-state index is 14.9. The summed E-state index contributed by atoms with van der Waals surface area (Å²) in [5.41, 5.74) is -0.755. The number of hydrogen-bond donors (Lipinski definition) is 5. The molecule has 0 aromatic heterocycles. The minimum absolute atomic E-state index is 0.0231. The Morgan fingerprint density at radius 2 is 1.66 bits per heavy atom. The van der Waals surface area contributed by atoms with Gasteiger partial charge in [0.15, 0.2) is 5.78 Å². The van der Waals surface area contributed by atoms with Crippen molar-refractivity contribution in [3.8, 4) is 5.75 Å². The van der Waals surface area contributed by atoms with Gasteiger partial charge in [0, 0.05) is 88.5 Å². The smallest absolute Gasteiger partial charge is 0.312 e. The molecule has 62 heavy (non-hydrogen) atoms. The van der Waals surface area contributed by atoms with Gasteiger partial charge in [-0.15, -0.1) is 0 Å². The van der Waals surface area contributed by atoms with Gasteiger partial charge in [-0.25, -0.2) is 0 Å². The molecule has 17 heteroatoms. The molecule has 338 valence electrons. The number of ketones is 3. The summed E-state index contributed by atoms with van der Waals surface area (Å²) >= 11 is 0. The van der Waals surface area contributed by atoms with Crippen molar-refractivity contribution in [1.29, 1.82) is 0 Å². The zero-order valence-electron chi connectivity index (χ0n) is 37.2. The Hall–Kier alpha value is -5.20. The molecule has 1 fully saturated rings. The van der Waals surface area contributed by atoms with Gasteiger partial charge in [0.1, 0.15) is 17.6 Å². The lowest BCUT2D eigenvalue weighted by Gasteiger charge is -2.38. The van der Waals surface area contributed by atoms with Crippen molar-refractivity contribution in [3.63, 3.8) is 0 Å². The Morgan fingerprint density at radius 1 is 0.984 bits per heavy atom. The van der Waals surface area contributed by atoms with E-state index >= 15 is 0 Å². The molecule has 1 saturated heterocycles. The number of carbonyl (C=O) groups is 5. The van der Waals surface area contributed by atoms with Gasteiger partial charge in [-0.3, -0.25) is 29.0 Å². The molecule has 4 aliphatic heterocycles. The first-order valence-electron chi connectivity index (χ1n) is 20.9. The summed E-state index contributed by atoms with van der Waals surface area (Å²) in [7, 11) is 3.41. The number of hydrogen-bond acceptors (Lipinski definition) is 16. The van der Waals surface area contributed by atoms with Crippen LogP contribution in [0.3, 0.4) is 0 Å². The predicted molar refractivity (Wildman–Crippen MR) is 230 cm³/mol. The van der Waals surface area contributed by atoms with Crippen LogP contribution in [-0.2, 0) is 23.8 Å². The van der Waals surface area contributed by atoms with Crippen LogP contribution < -0.4 is 15.4 Å². The third kappa shape index (κ3) is 9.71. The predicted octanol–water partition coefficient (Wildman–Crippen LogP) is 2.93. The van der Waals surface area contributed by atoms with E-state index < -0.39 is 83.1 Å². The molecule has 1 aliphatic carbocycles. The number of aliphatic hydroxyl groups excluding tert-OH is 3. The van der Waals surface area contributed by atoms with Crippen molar-refractivity contribution in [2.24, 2.45) is 28.8 Å². The van der Waals surface area contributed by atoms with Gasteiger partial charge in [-0.2, -0.15) is 5.10 Å². The van der Waals surface area contributed by atoms with Crippen molar-refractivity contribution < 1.29 is 58.2 Å². The standard InChI is InChI=1S/C45H61N5O12/c1-23-12-11-13-24(2)44(58)48-36-30(22-47-50-18-16-49(9)17-19-50)39(55)32-33(40(36)56)35(46-15-20-51)26(4)42-34(32)43(57)45(8,62-42)60-21-14-31(59-10)25(3)41(61-29(7)52)28(6)38(54)27(5)37(23)53/h11-14,21-23,25,27-28,31,37-38,41,46,51,53-54H,15-20H2,1-10H3,(H,48,58)/b12-11+,21-14+,24-13-,47-22+/t23-,25+,27+,28+,31-,37-,38+,41+,45-/m0/s1. The zero-order chi connectivity index (χ0) is 45.8. The Kier molecular flexibility index (Phi) is 15.3. The molecule has 0 radical (unpaired) electrons. The molecule has 5 aliphatic rings. The number of likely N-dealkylation sites (N-methyl/N-ethyl adjacent to an activating group) is 1. The first-order chi connectivity index (χ1) is 29.3. The fraction of sp³-hybridized carbons (Fsp3) is 0.556. The van der Waals surface area contributed by atoms with Crippen LogP contribution in [0.5, 0.6) is 5.75 Å². The lowest BCUT2D eigenvalue weighted by molar-refractivity contribution is -0.160. The summed E-state index contributed by atoms with van der Waals surface area (Å²) in [5.74, 6) is -8.24. The minimum atomic E-state index is -2.06. The number of allylic oxidation sites excluding steroid dienone is 4. The highest BCUT2D eigenvalue weighted by Gasteiger charge is 2.52. The molecule has 5 bridgehead atoms. The molecule has 0 unspecified atom stereocenters. The van der Waals surface area contributed by atoms with Gasteiger partial charge in [0.25, 0.3) is 11.7 Å². The number of benzene rings is 1. The lowest BCUT2D eigenvalue weighted by Crippen LogP contribution is -2.46. The zero-order valence-corrected chi connectivity index (χ0v) is 37.2. The molecular formula is C45H61N5O12. The van der Waals surface area contributed by atoms with Crippen LogP contribution in [0.2, 0.25) is 0 Å². The van der Waals surface area contributed by atoms with Crippen LogP contribution in [0.1, 0.15) is 85.1 Å². The number of fused-ring (bicyclic) bond motifs is 14. The van der Waals surface area contributed by atoms with Crippen molar-refractivity contribution >= 4 is 41.1 Å². The van der Waals surface area contributed by atoms with Crippen molar-refractivity contribution in [3.05, 3.63) is 69.7 Å². The average molecular weight is 864 g/mol. The van der Waals surface area contributed by atoms with E-state index in [1.54, 1.807) is 51.8 Å². The number of Topliss-reactive ketones (excluding diaryl/α,β-unsaturated/α-hetero) is 3. The second kappa shape index (κ2) is 19.9. The first-order valence-corrected chi connectivity index (χ1v) is 20.9. The summed E-state index contributed by atoms with van der Waals surface area (Å²) < 4.78 is 23.9. The highest BCUT2D eigenvalue weighted by molar-refractivity contribution is 6.38. The van der Waals surface area contributed by atoms with Crippen molar-refractivity contribution in [2.45, 2.75) is 85.6 Å². The molecular weight excluding hydrogens is 803 g/mol. The number of nitrogens with one attached hydrogen (secondary N) is 2.